The minimum Gasteiger partial charge on any atom is -0.371 e. The van der Waals surface area contributed by atoms with Crippen molar-refractivity contribution in [3.63, 3.8) is 0 Å². The lowest BCUT2D eigenvalue weighted by molar-refractivity contribution is 0.293. The molecular formula is C17H27ClN2. The standard InChI is InChI=1S/C17H27ClN2/c1-13(2)19-11-14-6-7-15(10-16(14)18)20-9-5-8-17(3,4)12-20/h6-7,10,13,19H,5,8-9,11-12H2,1-4H3. The molecule has 0 atom stereocenters. The van der Waals surface area contributed by atoms with Crippen LogP contribution >= 0.6 is 11.6 Å². The topological polar surface area (TPSA) is 15.3 Å². The number of anilines is 1. The molecule has 1 N–H and O–H groups in total. The lowest BCUT2D eigenvalue weighted by atomic mass is 9.84. The number of rotatable bonds is 4. The highest BCUT2D eigenvalue weighted by atomic mass is 35.5. The van der Waals surface area contributed by atoms with Gasteiger partial charge in [0.25, 0.3) is 0 Å². The van der Waals surface area contributed by atoms with Crippen LogP contribution in [-0.2, 0) is 6.54 Å². The van der Waals surface area contributed by atoms with Gasteiger partial charge in [0.05, 0.1) is 0 Å². The Morgan fingerprint density at radius 1 is 1.35 bits per heavy atom. The first-order valence-electron chi connectivity index (χ1n) is 7.64. The second-order valence-corrected chi connectivity index (χ2v) is 7.41. The Morgan fingerprint density at radius 2 is 2.10 bits per heavy atom. The van der Waals surface area contributed by atoms with Gasteiger partial charge in [-0.2, -0.15) is 0 Å². The Morgan fingerprint density at radius 3 is 2.70 bits per heavy atom. The Kier molecular flexibility index (Phi) is 4.98. The van der Waals surface area contributed by atoms with E-state index in [-0.39, 0.29) is 0 Å². The first kappa shape index (κ1) is 15.7. The van der Waals surface area contributed by atoms with Gasteiger partial charge in [0.15, 0.2) is 0 Å². The fourth-order valence-electron chi connectivity index (χ4n) is 2.83. The predicted octanol–water partition coefficient (Wildman–Crippen LogP) is 4.46. The molecule has 2 nitrogen and oxygen atoms in total. The van der Waals surface area contributed by atoms with Crippen LogP contribution in [0, 0.1) is 5.41 Å². The second-order valence-electron chi connectivity index (χ2n) is 7.00. The van der Waals surface area contributed by atoms with Crippen molar-refractivity contribution in [2.45, 2.75) is 53.1 Å². The van der Waals surface area contributed by atoms with Crippen LogP contribution in [0.3, 0.4) is 0 Å². The zero-order valence-electron chi connectivity index (χ0n) is 13.2. The number of piperidine rings is 1. The maximum atomic E-state index is 6.44. The summed E-state index contributed by atoms with van der Waals surface area (Å²) in [7, 11) is 0. The van der Waals surface area contributed by atoms with Crippen molar-refractivity contribution in [3.8, 4) is 0 Å². The zero-order valence-corrected chi connectivity index (χ0v) is 13.9. The third kappa shape index (κ3) is 4.13. The summed E-state index contributed by atoms with van der Waals surface area (Å²) in [4.78, 5) is 2.47. The highest BCUT2D eigenvalue weighted by molar-refractivity contribution is 6.31. The number of halogens is 1. The van der Waals surface area contributed by atoms with Crippen LogP contribution in [0.15, 0.2) is 18.2 Å². The summed E-state index contributed by atoms with van der Waals surface area (Å²) in [5.41, 5.74) is 2.85. The number of hydrogen-bond acceptors (Lipinski definition) is 2. The number of benzene rings is 1. The van der Waals surface area contributed by atoms with Gasteiger partial charge in [-0.3, -0.25) is 0 Å². The molecule has 0 unspecified atom stereocenters. The smallest absolute Gasteiger partial charge is 0.0471 e. The molecule has 0 saturated carbocycles. The summed E-state index contributed by atoms with van der Waals surface area (Å²) < 4.78 is 0. The minimum atomic E-state index is 0.405. The first-order chi connectivity index (χ1) is 9.37. The molecule has 1 saturated heterocycles. The molecule has 1 aromatic carbocycles. The Hall–Kier alpha value is -0.730. The van der Waals surface area contributed by atoms with Crippen molar-refractivity contribution < 1.29 is 0 Å². The molecule has 112 valence electrons. The van der Waals surface area contributed by atoms with E-state index >= 15 is 0 Å². The lowest BCUT2D eigenvalue weighted by Crippen LogP contribution is -2.40. The van der Waals surface area contributed by atoms with E-state index in [9.17, 15) is 0 Å². The Bertz CT molecular complexity index is 454. The number of hydrogen-bond donors (Lipinski definition) is 1. The predicted molar refractivity (Wildman–Crippen MR) is 88.7 cm³/mol. The van der Waals surface area contributed by atoms with E-state index in [2.05, 4.69) is 56.1 Å². The molecule has 1 heterocycles. The molecular weight excluding hydrogens is 268 g/mol. The molecule has 0 aliphatic carbocycles. The summed E-state index contributed by atoms with van der Waals surface area (Å²) in [6.45, 7) is 12.1. The third-order valence-electron chi connectivity index (χ3n) is 4.00. The molecule has 0 spiro atoms. The molecule has 20 heavy (non-hydrogen) atoms. The molecule has 0 radical (unpaired) electrons. The van der Waals surface area contributed by atoms with Crippen molar-refractivity contribution in [1.82, 2.24) is 5.32 Å². The molecule has 0 aromatic heterocycles. The van der Waals surface area contributed by atoms with Crippen LogP contribution in [0.5, 0.6) is 0 Å². The van der Waals surface area contributed by atoms with Crippen LogP contribution in [0.25, 0.3) is 0 Å². The van der Waals surface area contributed by atoms with Crippen molar-refractivity contribution in [2.75, 3.05) is 18.0 Å². The van der Waals surface area contributed by atoms with E-state index < -0.39 is 0 Å². The maximum Gasteiger partial charge on any atom is 0.0471 e. The van der Waals surface area contributed by atoms with Crippen molar-refractivity contribution in [1.29, 1.82) is 0 Å². The third-order valence-corrected chi connectivity index (χ3v) is 4.35. The second kappa shape index (κ2) is 6.36. The van der Waals surface area contributed by atoms with Crippen LogP contribution in [-0.4, -0.2) is 19.1 Å². The summed E-state index contributed by atoms with van der Waals surface area (Å²) in [6, 6.07) is 6.98. The highest BCUT2D eigenvalue weighted by Crippen LogP contribution is 2.33. The normalized spacial score (nSPS) is 18.6. The van der Waals surface area contributed by atoms with Crippen LogP contribution in [0.1, 0.15) is 46.1 Å². The van der Waals surface area contributed by atoms with Crippen LogP contribution in [0.2, 0.25) is 5.02 Å². The summed E-state index contributed by atoms with van der Waals surface area (Å²) >= 11 is 6.44. The van der Waals surface area contributed by atoms with Crippen LogP contribution < -0.4 is 10.2 Å². The van der Waals surface area contributed by atoms with Gasteiger partial charge in [0.2, 0.25) is 0 Å². The van der Waals surface area contributed by atoms with Gasteiger partial charge in [0.1, 0.15) is 0 Å². The average Bonchev–Trinajstić information content (AvgIpc) is 2.36. The van der Waals surface area contributed by atoms with Gasteiger partial charge in [-0.15, -0.1) is 0 Å². The van der Waals surface area contributed by atoms with Gasteiger partial charge < -0.3 is 10.2 Å². The van der Waals surface area contributed by atoms with E-state index in [1.165, 1.54) is 24.1 Å². The van der Waals surface area contributed by atoms with E-state index in [1.54, 1.807) is 0 Å². The quantitative estimate of drug-likeness (QED) is 0.882. The minimum absolute atomic E-state index is 0.405. The monoisotopic (exact) mass is 294 g/mol. The molecule has 1 fully saturated rings. The van der Waals surface area contributed by atoms with E-state index in [0.717, 1.165) is 24.7 Å². The number of nitrogens with zero attached hydrogens (tertiary/aromatic N) is 1. The molecule has 1 aliphatic rings. The Labute approximate surface area is 128 Å². The van der Waals surface area contributed by atoms with Gasteiger partial charge in [-0.05, 0) is 36.0 Å². The summed E-state index contributed by atoms with van der Waals surface area (Å²) in [6.07, 6.45) is 2.58. The van der Waals surface area contributed by atoms with E-state index in [1.807, 2.05) is 0 Å². The van der Waals surface area contributed by atoms with Crippen molar-refractivity contribution in [3.05, 3.63) is 28.8 Å². The van der Waals surface area contributed by atoms with E-state index in [4.69, 9.17) is 11.6 Å². The summed E-state index contributed by atoms with van der Waals surface area (Å²) in [5.74, 6) is 0. The fraction of sp³-hybridized carbons (Fsp3) is 0.647. The molecule has 3 heteroatoms. The fourth-order valence-corrected chi connectivity index (χ4v) is 3.08. The molecule has 0 amide bonds. The molecule has 1 aromatic rings. The Balaban J connectivity index is 2.08. The largest absolute Gasteiger partial charge is 0.371 e. The van der Waals surface area contributed by atoms with Gasteiger partial charge in [-0.25, -0.2) is 0 Å². The van der Waals surface area contributed by atoms with Gasteiger partial charge in [-0.1, -0.05) is 45.4 Å². The van der Waals surface area contributed by atoms with Crippen molar-refractivity contribution >= 4 is 17.3 Å². The van der Waals surface area contributed by atoms with Gasteiger partial charge >= 0.3 is 0 Å². The SMILES string of the molecule is CC(C)NCc1ccc(N2CCCC(C)(C)C2)cc1Cl. The molecule has 0 bridgehead atoms. The summed E-state index contributed by atoms with van der Waals surface area (Å²) in [5, 5.41) is 4.29. The molecule has 2 rings (SSSR count). The molecule has 1 aliphatic heterocycles. The first-order valence-corrected chi connectivity index (χ1v) is 8.02. The van der Waals surface area contributed by atoms with Gasteiger partial charge in [0, 0.05) is 36.4 Å². The van der Waals surface area contributed by atoms with Crippen LogP contribution in [0.4, 0.5) is 5.69 Å². The highest BCUT2D eigenvalue weighted by Gasteiger charge is 2.26. The lowest BCUT2D eigenvalue weighted by Gasteiger charge is -2.39. The maximum absolute atomic E-state index is 6.44. The van der Waals surface area contributed by atoms with Crippen molar-refractivity contribution in [2.24, 2.45) is 5.41 Å². The van der Waals surface area contributed by atoms with E-state index in [0.29, 0.717) is 11.5 Å². The average molecular weight is 295 g/mol. The number of nitrogens with one attached hydrogen (secondary N) is 1. The zero-order chi connectivity index (χ0) is 14.8.